The molecule has 0 saturated carbocycles. The molecule has 2 rings (SSSR count). The van der Waals surface area contributed by atoms with Crippen molar-refractivity contribution in [3.8, 4) is 0 Å². The van der Waals surface area contributed by atoms with Crippen molar-refractivity contribution < 1.29 is 17.5 Å². The molecule has 2 N–H and O–H groups in total. The van der Waals surface area contributed by atoms with E-state index in [0.29, 0.717) is 31.7 Å². The Bertz CT molecular complexity index is 583. The fourth-order valence-corrected chi connectivity index (χ4v) is 3.69. The van der Waals surface area contributed by atoms with Crippen LogP contribution in [0.1, 0.15) is 18.9 Å². The first-order valence-electron chi connectivity index (χ1n) is 6.41. The molecule has 0 radical (unpaired) electrons. The van der Waals surface area contributed by atoms with E-state index in [1.54, 1.807) is 20.0 Å². The van der Waals surface area contributed by atoms with Crippen molar-refractivity contribution in [2.75, 3.05) is 20.3 Å². The van der Waals surface area contributed by atoms with Gasteiger partial charge in [-0.2, -0.15) is 0 Å². The third kappa shape index (κ3) is 3.35. The molecular weight excluding hydrogens is 283 g/mol. The van der Waals surface area contributed by atoms with E-state index in [4.69, 9.17) is 4.74 Å². The molecule has 1 fully saturated rings. The Morgan fingerprint density at radius 3 is 2.75 bits per heavy atom. The number of hydrogen-bond acceptors (Lipinski definition) is 4. The van der Waals surface area contributed by atoms with E-state index < -0.39 is 21.4 Å². The Morgan fingerprint density at radius 2 is 2.20 bits per heavy atom. The largest absolute Gasteiger partial charge is 0.379 e. The van der Waals surface area contributed by atoms with Gasteiger partial charge in [0.25, 0.3) is 0 Å². The molecule has 0 amide bonds. The minimum atomic E-state index is -3.89. The highest BCUT2D eigenvalue weighted by Crippen LogP contribution is 2.23. The lowest BCUT2D eigenvalue weighted by atomic mass is 10.0. The zero-order chi connectivity index (χ0) is 14.8. The number of ether oxygens (including phenoxy) is 1. The molecule has 0 aromatic heterocycles. The van der Waals surface area contributed by atoms with Crippen LogP contribution in [0.25, 0.3) is 0 Å². The smallest absolute Gasteiger partial charge is 0.244 e. The zero-order valence-corrected chi connectivity index (χ0v) is 12.4. The highest BCUT2D eigenvalue weighted by molar-refractivity contribution is 7.89. The number of halogens is 1. The fraction of sp³-hybridized carbons (Fsp3) is 0.538. The van der Waals surface area contributed by atoms with Gasteiger partial charge in [-0.3, -0.25) is 0 Å². The summed E-state index contributed by atoms with van der Waals surface area (Å²) in [5.41, 5.74) is 0.0221. The van der Waals surface area contributed by atoms with Gasteiger partial charge in [0.15, 0.2) is 0 Å². The van der Waals surface area contributed by atoms with Crippen molar-refractivity contribution in [2.24, 2.45) is 0 Å². The molecule has 1 atom stereocenters. The van der Waals surface area contributed by atoms with Gasteiger partial charge < -0.3 is 10.1 Å². The standard InChI is InChI=1S/C13H19FN2O3S/c1-13(5-6-19-9-13)16-20(17,18)12-4-3-10(8-15-2)7-11(12)14/h3-4,7,15-16H,5-6,8-9H2,1-2H3. The fourth-order valence-electron chi connectivity index (χ4n) is 2.20. The van der Waals surface area contributed by atoms with Gasteiger partial charge >= 0.3 is 0 Å². The summed E-state index contributed by atoms with van der Waals surface area (Å²) in [5.74, 6) is -0.743. The minimum Gasteiger partial charge on any atom is -0.379 e. The molecule has 1 unspecified atom stereocenters. The predicted molar refractivity (Wildman–Crippen MR) is 73.3 cm³/mol. The van der Waals surface area contributed by atoms with E-state index in [1.165, 1.54) is 12.1 Å². The lowest BCUT2D eigenvalue weighted by Gasteiger charge is -2.23. The van der Waals surface area contributed by atoms with E-state index in [-0.39, 0.29) is 4.90 Å². The SMILES string of the molecule is CNCc1ccc(S(=O)(=O)NC2(C)CCOC2)c(F)c1. The van der Waals surface area contributed by atoms with Crippen molar-refractivity contribution in [1.82, 2.24) is 10.0 Å². The highest BCUT2D eigenvalue weighted by Gasteiger charge is 2.35. The lowest BCUT2D eigenvalue weighted by molar-refractivity contribution is 0.178. The Hall–Kier alpha value is -1.02. The van der Waals surface area contributed by atoms with Crippen molar-refractivity contribution in [1.29, 1.82) is 0 Å². The Kier molecular flexibility index (Phi) is 4.43. The molecule has 20 heavy (non-hydrogen) atoms. The van der Waals surface area contributed by atoms with E-state index in [1.807, 2.05) is 0 Å². The molecule has 1 aliphatic heterocycles. The van der Waals surface area contributed by atoms with Gasteiger partial charge in [0.2, 0.25) is 10.0 Å². The minimum absolute atomic E-state index is 0.297. The third-order valence-electron chi connectivity index (χ3n) is 3.27. The average molecular weight is 302 g/mol. The van der Waals surface area contributed by atoms with Crippen molar-refractivity contribution in [3.05, 3.63) is 29.6 Å². The summed E-state index contributed by atoms with van der Waals surface area (Å²) in [4.78, 5) is -0.328. The second-order valence-electron chi connectivity index (χ2n) is 5.26. The number of nitrogens with one attached hydrogen (secondary N) is 2. The highest BCUT2D eigenvalue weighted by atomic mass is 32.2. The van der Waals surface area contributed by atoms with E-state index in [2.05, 4.69) is 10.0 Å². The Balaban J connectivity index is 2.25. The summed E-state index contributed by atoms with van der Waals surface area (Å²) in [7, 11) is -2.15. The van der Waals surface area contributed by atoms with Crippen molar-refractivity contribution in [2.45, 2.75) is 30.3 Å². The van der Waals surface area contributed by atoms with Gasteiger partial charge in [-0.05, 0) is 38.1 Å². The van der Waals surface area contributed by atoms with Crippen LogP contribution in [0, 0.1) is 5.82 Å². The van der Waals surface area contributed by atoms with Gasteiger partial charge in [0, 0.05) is 13.2 Å². The maximum absolute atomic E-state index is 14.0. The molecule has 0 aliphatic carbocycles. The second kappa shape index (κ2) is 5.77. The number of benzene rings is 1. The molecule has 0 bridgehead atoms. The first-order chi connectivity index (χ1) is 9.36. The second-order valence-corrected chi connectivity index (χ2v) is 6.91. The molecule has 0 spiro atoms. The van der Waals surface area contributed by atoms with Gasteiger partial charge in [0.05, 0.1) is 12.1 Å². The number of sulfonamides is 1. The summed E-state index contributed by atoms with van der Waals surface area (Å²) in [6.07, 6.45) is 0.575. The Morgan fingerprint density at radius 1 is 1.45 bits per heavy atom. The summed E-state index contributed by atoms with van der Waals surface area (Å²) >= 11 is 0. The van der Waals surface area contributed by atoms with Crippen molar-refractivity contribution in [3.63, 3.8) is 0 Å². The van der Waals surface area contributed by atoms with Gasteiger partial charge in [-0.1, -0.05) is 6.07 Å². The van der Waals surface area contributed by atoms with Crippen molar-refractivity contribution >= 4 is 10.0 Å². The quantitative estimate of drug-likeness (QED) is 0.851. The topological polar surface area (TPSA) is 67.4 Å². The lowest BCUT2D eigenvalue weighted by Crippen LogP contribution is -2.46. The summed E-state index contributed by atoms with van der Waals surface area (Å²) in [5, 5.41) is 2.89. The van der Waals surface area contributed by atoms with E-state index in [9.17, 15) is 12.8 Å². The van der Waals surface area contributed by atoms with Crippen LogP contribution in [0.5, 0.6) is 0 Å². The predicted octanol–water partition coefficient (Wildman–Crippen LogP) is 1.00. The number of hydrogen-bond donors (Lipinski definition) is 2. The molecule has 7 heteroatoms. The average Bonchev–Trinajstić information content (AvgIpc) is 2.74. The normalized spacial score (nSPS) is 23.1. The van der Waals surface area contributed by atoms with Crippen LogP contribution < -0.4 is 10.0 Å². The van der Waals surface area contributed by atoms with Crippen LogP contribution in [0.3, 0.4) is 0 Å². The van der Waals surface area contributed by atoms with Gasteiger partial charge in [0.1, 0.15) is 10.7 Å². The number of rotatable bonds is 5. The van der Waals surface area contributed by atoms with E-state index >= 15 is 0 Å². The molecule has 1 aromatic carbocycles. The van der Waals surface area contributed by atoms with Crippen LogP contribution >= 0.6 is 0 Å². The van der Waals surface area contributed by atoms with Crippen LogP contribution in [-0.4, -0.2) is 34.2 Å². The molecule has 1 saturated heterocycles. The maximum atomic E-state index is 14.0. The summed E-state index contributed by atoms with van der Waals surface area (Å²) in [6, 6.07) is 4.13. The molecule has 1 aliphatic rings. The molecule has 1 heterocycles. The van der Waals surface area contributed by atoms with Gasteiger partial charge in [-0.25, -0.2) is 17.5 Å². The van der Waals surface area contributed by atoms with Gasteiger partial charge in [-0.15, -0.1) is 0 Å². The van der Waals surface area contributed by atoms with Crippen LogP contribution in [0.2, 0.25) is 0 Å². The first kappa shape index (κ1) is 15.4. The summed E-state index contributed by atoms with van der Waals surface area (Å²) < 4.78 is 46.2. The summed E-state index contributed by atoms with van der Waals surface area (Å²) in [6.45, 7) is 3.04. The maximum Gasteiger partial charge on any atom is 0.244 e. The first-order valence-corrected chi connectivity index (χ1v) is 7.89. The molecule has 112 valence electrons. The molecule has 1 aromatic rings. The van der Waals surface area contributed by atoms with Crippen LogP contribution in [0.15, 0.2) is 23.1 Å². The van der Waals surface area contributed by atoms with Crippen LogP contribution in [0.4, 0.5) is 4.39 Å². The Labute approximate surface area is 118 Å². The molecule has 5 nitrogen and oxygen atoms in total. The monoisotopic (exact) mass is 302 g/mol. The van der Waals surface area contributed by atoms with E-state index in [0.717, 1.165) is 0 Å². The third-order valence-corrected chi connectivity index (χ3v) is 4.94. The zero-order valence-electron chi connectivity index (χ0n) is 11.6. The molecular formula is C13H19FN2O3S. The van der Waals surface area contributed by atoms with Crippen LogP contribution in [-0.2, 0) is 21.3 Å².